The summed E-state index contributed by atoms with van der Waals surface area (Å²) < 4.78 is 2.56. The summed E-state index contributed by atoms with van der Waals surface area (Å²) in [5.74, 6) is 0. The Morgan fingerprint density at radius 3 is 1.36 bits per heavy atom. The van der Waals surface area contributed by atoms with E-state index in [-0.39, 0.29) is 28.4 Å². The predicted octanol–water partition coefficient (Wildman–Crippen LogP) is 22.2. The van der Waals surface area contributed by atoms with Crippen LogP contribution >= 0.6 is 11.3 Å². The molecule has 0 bridgehead atoms. The second kappa shape index (κ2) is 22.4. The van der Waals surface area contributed by atoms with Crippen molar-refractivity contribution in [2.75, 3.05) is 14.7 Å². The summed E-state index contributed by atoms with van der Waals surface area (Å²) in [6.45, 7) is 27.8. The largest absolute Gasteiger partial charge is 0.311 e. The molecule has 91 heavy (non-hydrogen) atoms. The normalized spacial score (nSPS) is 13.0. The van der Waals surface area contributed by atoms with E-state index in [0.29, 0.717) is 5.56 Å². The van der Waals surface area contributed by atoms with Gasteiger partial charge in [-0.15, -0.1) is 11.3 Å². The number of thiophene rings is 1. The highest BCUT2D eigenvalue weighted by atomic mass is 32.1. The zero-order valence-electron chi connectivity index (χ0n) is 54.4. The molecular weight excluding hydrogens is 1120 g/mol. The Labute approximate surface area is 543 Å². The van der Waals surface area contributed by atoms with Crippen molar-refractivity contribution >= 4 is 95.0 Å². The van der Waals surface area contributed by atoms with Gasteiger partial charge in [0.15, 0.2) is 0 Å². The van der Waals surface area contributed by atoms with Crippen molar-refractivity contribution in [1.82, 2.24) is 0 Å². The van der Waals surface area contributed by atoms with Gasteiger partial charge in [0.2, 0.25) is 0 Å². The zero-order chi connectivity index (χ0) is 63.3. The molecule has 4 nitrogen and oxygen atoms in total. The third-order valence-electron chi connectivity index (χ3n) is 18.7. The predicted molar refractivity (Wildman–Crippen MR) is 392 cm³/mol. The molecule has 0 saturated heterocycles. The summed E-state index contributed by atoms with van der Waals surface area (Å²) in [5.41, 5.74) is 26.8. The molecule has 2 aliphatic heterocycles. The van der Waals surface area contributed by atoms with E-state index in [1.54, 1.807) is 0 Å². The van der Waals surface area contributed by atoms with E-state index in [9.17, 15) is 5.26 Å². The number of hydrogen-bond donors (Lipinski definition) is 0. The van der Waals surface area contributed by atoms with Gasteiger partial charge in [-0.1, -0.05) is 241 Å². The quantitative estimate of drug-likeness (QED) is 0.135. The summed E-state index contributed by atoms with van der Waals surface area (Å²) in [6.07, 6.45) is 0. The van der Waals surface area contributed by atoms with Gasteiger partial charge < -0.3 is 14.7 Å². The summed E-state index contributed by atoms with van der Waals surface area (Å²) in [4.78, 5) is 7.66. The molecule has 6 heteroatoms. The van der Waals surface area contributed by atoms with Crippen molar-refractivity contribution in [2.24, 2.45) is 0 Å². The lowest BCUT2D eigenvalue weighted by atomic mass is 9.36. The van der Waals surface area contributed by atoms with Crippen molar-refractivity contribution in [3.05, 3.63) is 277 Å². The smallest absolute Gasteiger partial charge is 0.264 e. The minimum atomic E-state index is -0.297. The number of benzene rings is 11. The zero-order valence-corrected chi connectivity index (χ0v) is 55.3. The molecule has 446 valence electrons. The molecule has 0 amide bonds. The lowest BCUT2D eigenvalue weighted by Gasteiger charge is -2.45. The molecule has 0 spiro atoms. The van der Waals surface area contributed by atoms with Crippen LogP contribution in [0.3, 0.4) is 0 Å². The molecule has 0 fully saturated rings. The molecule has 2 aliphatic rings. The van der Waals surface area contributed by atoms with Crippen LogP contribution in [0.5, 0.6) is 0 Å². The van der Waals surface area contributed by atoms with E-state index in [4.69, 9.17) is 0 Å². The topological polar surface area (TPSA) is 33.5 Å². The first-order valence-electron chi connectivity index (χ1n) is 32.1. The molecule has 0 unspecified atom stereocenters. The van der Waals surface area contributed by atoms with Crippen LogP contribution < -0.4 is 30.4 Å². The van der Waals surface area contributed by atoms with E-state index in [1.165, 1.54) is 87.1 Å². The Hall–Kier alpha value is -9.67. The lowest BCUT2D eigenvalue weighted by molar-refractivity contribution is 0.590. The molecule has 0 radical (unpaired) electrons. The van der Waals surface area contributed by atoms with E-state index < -0.39 is 0 Å². The Kier molecular flexibility index (Phi) is 14.5. The molecule has 11 aromatic carbocycles. The molecule has 0 saturated carbocycles. The number of nitriles is 1. The van der Waals surface area contributed by atoms with Gasteiger partial charge >= 0.3 is 0 Å². The number of nitrogens with zero attached hydrogens (tertiary/aromatic N) is 4. The van der Waals surface area contributed by atoms with Crippen molar-refractivity contribution in [1.29, 1.82) is 5.26 Å². The van der Waals surface area contributed by atoms with Gasteiger partial charge in [-0.3, -0.25) is 0 Å². The first kappa shape index (κ1) is 59.0. The maximum absolute atomic E-state index is 10.4. The van der Waals surface area contributed by atoms with Crippen LogP contribution in [0.15, 0.2) is 249 Å². The van der Waals surface area contributed by atoms with Gasteiger partial charge in [-0.2, -0.15) is 5.26 Å². The maximum Gasteiger partial charge on any atom is 0.264 e. The third kappa shape index (κ3) is 10.5. The maximum atomic E-state index is 10.4. The van der Waals surface area contributed by atoms with Gasteiger partial charge in [0.25, 0.3) is 6.71 Å². The minimum absolute atomic E-state index is 0.00464. The fourth-order valence-electron chi connectivity index (χ4n) is 13.7. The van der Waals surface area contributed by atoms with Gasteiger partial charge in [0.05, 0.1) is 23.0 Å². The van der Waals surface area contributed by atoms with Gasteiger partial charge in [0, 0.05) is 65.8 Å². The Balaban J connectivity index is 1.15. The van der Waals surface area contributed by atoms with E-state index in [0.717, 1.165) is 56.6 Å². The fourth-order valence-corrected chi connectivity index (χ4v) is 15.1. The Morgan fingerprint density at radius 2 is 0.835 bits per heavy atom. The lowest BCUT2D eigenvalue weighted by Crippen LogP contribution is -2.60. The molecular formula is C85H77BN4S. The number of para-hydroxylation sites is 1. The van der Waals surface area contributed by atoms with Crippen LogP contribution in [0, 0.1) is 11.3 Å². The molecule has 14 rings (SSSR count). The number of fused-ring (bicyclic) bond motifs is 6. The highest BCUT2D eigenvalue weighted by Crippen LogP contribution is 2.57. The Morgan fingerprint density at radius 1 is 0.374 bits per heavy atom. The molecule has 0 N–H and O–H groups in total. The highest BCUT2D eigenvalue weighted by molar-refractivity contribution is 7.33. The molecule has 0 atom stereocenters. The van der Waals surface area contributed by atoms with E-state index >= 15 is 0 Å². The average molecular weight is 1200 g/mol. The third-order valence-corrected chi connectivity index (χ3v) is 19.9. The van der Waals surface area contributed by atoms with E-state index in [1.807, 2.05) is 23.5 Å². The summed E-state index contributed by atoms with van der Waals surface area (Å²) in [7, 11) is 0. The van der Waals surface area contributed by atoms with Crippen molar-refractivity contribution in [2.45, 2.75) is 105 Å². The van der Waals surface area contributed by atoms with Crippen LogP contribution in [-0.2, 0) is 21.7 Å². The van der Waals surface area contributed by atoms with E-state index in [2.05, 4.69) is 340 Å². The second-order valence-corrected chi connectivity index (χ2v) is 30.0. The number of anilines is 9. The SMILES string of the molecule is CC(C)(C)c1ccc(N(c2ccccc2)c2ccc3c(c2)N(c2ccc(C#N)cc2)c2cc(C(C)(C)C)cc4c2B3c2sc3cc(C(C)(C)C)ccc3c2N4c2c(-c3ccccc3-c3ccccc3)cc(C(C)(C)C)cc2-c2ccccc2-c2ccccc2)cc1. The van der Waals surface area contributed by atoms with Crippen molar-refractivity contribution in [3.63, 3.8) is 0 Å². The van der Waals surface area contributed by atoms with Crippen molar-refractivity contribution in [3.8, 4) is 50.6 Å². The molecule has 12 aromatic rings. The first-order valence-corrected chi connectivity index (χ1v) is 32.9. The van der Waals surface area contributed by atoms with Crippen LogP contribution in [0.4, 0.5) is 51.2 Å². The van der Waals surface area contributed by atoms with Gasteiger partial charge in [0.1, 0.15) is 0 Å². The summed E-state index contributed by atoms with van der Waals surface area (Å²) in [6, 6.07) is 95.3. The average Bonchev–Trinajstić information content (AvgIpc) is 1.68. The molecule has 3 heterocycles. The Bertz CT molecular complexity index is 4690. The number of rotatable bonds is 9. The van der Waals surface area contributed by atoms with Crippen LogP contribution in [-0.4, -0.2) is 6.71 Å². The first-order chi connectivity index (χ1) is 43.6. The van der Waals surface area contributed by atoms with Gasteiger partial charge in [-0.05, 0) is 179 Å². The second-order valence-electron chi connectivity index (χ2n) is 28.9. The van der Waals surface area contributed by atoms with Crippen molar-refractivity contribution < 1.29 is 0 Å². The summed E-state index contributed by atoms with van der Waals surface area (Å²) in [5, 5.41) is 11.6. The standard InChI is InChI=1S/C85H77BN4S/c1-82(2,3)58-38-43-63(44-39-58)88(62-30-20-15-21-31-62)65-45-47-73-74(53-65)89(64-41-36-55(54-87)37-42-64)75-50-61(85(10,11)12)51-76-78(75)86(73)81-80(70-46-40-59(83(4,5)6)52-77(70)91-81)90(76)79-71(68-34-24-22-32-66(68)56-26-16-13-17-27-56)48-60(84(7,8)9)49-72(79)69-35-25-23-33-67(69)57-28-18-14-19-29-57/h13-53H,1-12H3. The van der Waals surface area contributed by atoms with Crippen LogP contribution in [0.2, 0.25) is 0 Å². The molecule has 0 aliphatic carbocycles. The number of hydrogen-bond acceptors (Lipinski definition) is 5. The minimum Gasteiger partial charge on any atom is -0.311 e. The monoisotopic (exact) mass is 1200 g/mol. The van der Waals surface area contributed by atoms with Crippen LogP contribution in [0.25, 0.3) is 54.6 Å². The molecule has 1 aromatic heterocycles. The fraction of sp³-hybridized carbons (Fsp3) is 0.188. The van der Waals surface area contributed by atoms with Crippen LogP contribution in [0.1, 0.15) is 111 Å². The highest BCUT2D eigenvalue weighted by Gasteiger charge is 2.47. The van der Waals surface area contributed by atoms with Gasteiger partial charge in [-0.25, -0.2) is 0 Å². The summed E-state index contributed by atoms with van der Waals surface area (Å²) >= 11 is 1.95.